The highest BCUT2D eigenvalue weighted by Gasteiger charge is 2.39. The smallest absolute Gasteiger partial charge is 0.354 e. The van der Waals surface area contributed by atoms with Gasteiger partial charge in [0.2, 0.25) is 5.91 Å². The maximum Gasteiger partial charge on any atom is 0.354 e. The maximum atomic E-state index is 17.1. The van der Waals surface area contributed by atoms with Gasteiger partial charge in [-0.1, -0.05) is 55.2 Å². The summed E-state index contributed by atoms with van der Waals surface area (Å²) in [4.78, 5) is 39.9. The molecule has 1 fully saturated rings. The standard InChI is InChI=1S/C33H32Cl3F2N7O2/c1-6-20(46)43-13-17-8-10-41-29-23-31(24(36)21(26(29)38)22-25(37)18(34)11-19(35)27(22)39)45(30-15(4)7-9-40-28(30)14(2)3)33(47)42-32(23)44(17)12-16(43)5/h6-7,9,11,14,16-17,41H,1,8,10,12-13,39H2,2-5H3. The van der Waals surface area contributed by atoms with E-state index in [2.05, 4.69) is 21.9 Å². The number of nitrogen functional groups attached to an aromatic ring is 1. The zero-order chi connectivity index (χ0) is 34.1. The lowest BCUT2D eigenvalue weighted by atomic mass is 9.96. The Labute approximate surface area is 284 Å². The molecule has 47 heavy (non-hydrogen) atoms. The number of hydrogen-bond donors (Lipinski definition) is 2. The van der Waals surface area contributed by atoms with E-state index < -0.39 is 28.5 Å². The van der Waals surface area contributed by atoms with E-state index in [1.165, 1.54) is 10.6 Å². The van der Waals surface area contributed by atoms with Crippen molar-refractivity contribution in [3.05, 3.63) is 79.4 Å². The van der Waals surface area contributed by atoms with Gasteiger partial charge in [0.05, 0.1) is 48.7 Å². The number of carbonyl (C=O) groups excluding carboxylic acids is 1. The third kappa shape index (κ3) is 5.19. The molecule has 2 aromatic heterocycles. The minimum absolute atomic E-state index is 0.0473. The number of pyridine rings is 1. The van der Waals surface area contributed by atoms with Crippen LogP contribution in [0.3, 0.4) is 0 Å². The third-order valence-electron chi connectivity index (χ3n) is 8.93. The van der Waals surface area contributed by atoms with Crippen LogP contribution < -0.4 is 21.6 Å². The Morgan fingerprint density at radius 3 is 2.57 bits per heavy atom. The highest BCUT2D eigenvalue weighted by Crippen LogP contribution is 2.50. The van der Waals surface area contributed by atoms with Crippen molar-refractivity contribution in [1.82, 2.24) is 19.4 Å². The van der Waals surface area contributed by atoms with E-state index in [4.69, 9.17) is 40.5 Å². The van der Waals surface area contributed by atoms with Crippen molar-refractivity contribution >= 4 is 68.8 Å². The summed E-state index contributed by atoms with van der Waals surface area (Å²) in [6, 6.07) is 2.30. The fraction of sp³-hybridized carbons (Fsp3) is 0.333. The van der Waals surface area contributed by atoms with Gasteiger partial charge >= 0.3 is 5.69 Å². The lowest BCUT2D eigenvalue weighted by molar-refractivity contribution is -0.128. The van der Waals surface area contributed by atoms with Crippen LogP contribution in [0.5, 0.6) is 0 Å². The number of rotatable bonds is 4. The summed E-state index contributed by atoms with van der Waals surface area (Å²) in [5.74, 6) is -2.11. The van der Waals surface area contributed by atoms with E-state index in [1.54, 1.807) is 17.2 Å². The zero-order valence-corrected chi connectivity index (χ0v) is 28.4. The fourth-order valence-electron chi connectivity index (χ4n) is 6.67. The van der Waals surface area contributed by atoms with Crippen molar-refractivity contribution in [1.29, 1.82) is 0 Å². The Hall–Kier alpha value is -3.93. The Morgan fingerprint density at radius 1 is 1.17 bits per heavy atom. The second-order valence-electron chi connectivity index (χ2n) is 12.2. The van der Waals surface area contributed by atoms with Crippen molar-refractivity contribution in [2.75, 3.05) is 35.6 Å². The van der Waals surface area contributed by atoms with Gasteiger partial charge in [-0.05, 0) is 50.0 Å². The molecule has 0 saturated carbocycles. The number of nitrogens with one attached hydrogen (secondary N) is 1. The Morgan fingerprint density at radius 2 is 1.89 bits per heavy atom. The largest absolute Gasteiger partial charge is 0.397 e. The molecule has 2 atom stereocenters. The average Bonchev–Trinajstić information content (AvgIpc) is 3.02. The molecule has 2 aromatic carbocycles. The highest BCUT2D eigenvalue weighted by atomic mass is 35.5. The van der Waals surface area contributed by atoms with Crippen molar-refractivity contribution in [3.63, 3.8) is 0 Å². The number of benzene rings is 2. The van der Waals surface area contributed by atoms with Gasteiger partial charge in [-0.2, -0.15) is 4.98 Å². The van der Waals surface area contributed by atoms with E-state index in [0.29, 0.717) is 36.5 Å². The van der Waals surface area contributed by atoms with Gasteiger partial charge < -0.3 is 20.9 Å². The predicted molar refractivity (Wildman–Crippen MR) is 184 cm³/mol. The van der Waals surface area contributed by atoms with E-state index in [9.17, 15) is 9.59 Å². The predicted octanol–water partition coefficient (Wildman–Crippen LogP) is 7.11. The van der Waals surface area contributed by atoms with E-state index in [1.807, 2.05) is 32.6 Å². The molecule has 2 aliphatic heterocycles. The van der Waals surface area contributed by atoms with E-state index in [0.717, 1.165) is 6.07 Å². The van der Waals surface area contributed by atoms with Crippen molar-refractivity contribution < 1.29 is 13.6 Å². The average molecular weight is 703 g/mol. The number of carbonyl (C=O) groups is 1. The molecule has 3 N–H and O–H groups in total. The summed E-state index contributed by atoms with van der Waals surface area (Å²) in [6.45, 7) is 12.1. The first-order valence-electron chi connectivity index (χ1n) is 15.1. The highest BCUT2D eigenvalue weighted by molar-refractivity contribution is 6.41. The van der Waals surface area contributed by atoms with Gasteiger partial charge in [-0.25, -0.2) is 13.6 Å². The number of amides is 1. The monoisotopic (exact) mass is 701 g/mol. The van der Waals surface area contributed by atoms with Crippen LogP contribution >= 0.6 is 34.8 Å². The Balaban J connectivity index is 1.80. The second kappa shape index (κ2) is 12.3. The molecular weight excluding hydrogens is 671 g/mol. The molecule has 1 saturated heterocycles. The van der Waals surface area contributed by atoms with Crippen molar-refractivity contribution in [3.8, 4) is 16.8 Å². The topological polar surface area (TPSA) is 109 Å². The summed E-state index contributed by atoms with van der Waals surface area (Å²) < 4.78 is 34.2. The molecule has 14 heteroatoms. The number of piperazine rings is 1. The van der Waals surface area contributed by atoms with Crippen molar-refractivity contribution in [2.45, 2.75) is 52.1 Å². The minimum atomic E-state index is -1.02. The summed E-state index contributed by atoms with van der Waals surface area (Å²) >= 11 is 19.7. The molecule has 0 aliphatic carbocycles. The number of aromatic nitrogens is 3. The summed E-state index contributed by atoms with van der Waals surface area (Å²) in [5.41, 5.74) is 6.15. The number of halogens is 5. The molecule has 0 spiro atoms. The van der Waals surface area contributed by atoms with Crippen LogP contribution in [-0.2, 0) is 4.79 Å². The molecule has 4 aromatic rings. The molecule has 246 valence electrons. The molecule has 6 rings (SSSR count). The first-order chi connectivity index (χ1) is 22.3. The van der Waals surface area contributed by atoms with Crippen LogP contribution in [0.1, 0.15) is 44.4 Å². The zero-order valence-electron chi connectivity index (χ0n) is 26.1. The molecule has 2 aliphatic rings. The van der Waals surface area contributed by atoms with Gasteiger partial charge in [0.1, 0.15) is 5.82 Å². The van der Waals surface area contributed by atoms with E-state index >= 15 is 8.78 Å². The lowest BCUT2D eigenvalue weighted by Crippen LogP contribution is -2.60. The number of anilines is 3. The summed E-state index contributed by atoms with van der Waals surface area (Å²) in [5, 5.41) is 2.61. The van der Waals surface area contributed by atoms with Crippen LogP contribution in [0.4, 0.5) is 26.0 Å². The Bertz CT molecular complexity index is 2030. The summed E-state index contributed by atoms with van der Waals surface area (Å²) in [7, 11) is 0. The Kier molecular flexibility index (Phi) is 8.61. The van der Waals surface area contributed by atoms with Gasteiger partial charge in [0.25, 0.3) is 0 Å². The first-order valence-corrected chi connectivity index (χ1v) is 16.2. The summed E-state index contributed by atoms with van der Waals surface area (Å²) in [6.07, 6.45) is 3.36. The molecular formula is C33H32Cl3F2N7O2. The number of fused-ring (bicyclic) bond motifs is 2. The lowest BCUT2D eigenvalue weighted by Gasteiger charge is -2.46. The molecule has 0 radical (unpaired) electrons. The first kappa shape index (κ1) is 33.0. The van der Waals surface area contributed by atoms with Crippen LogP contribution in [-0.4, -0.2) is 57.1 Å². The molecule has 1 amide bonds. The maximum absolute atomic E-state index is 17.1. The van der Waals surface area contributed by atoms with Crippen molar-refractivity contribution in [2.24, 2.45) is 0 Å². The second-order valence-corrected chi connectivity index (χ2v) is 13.4. The van der Waals surface area contributed by atoms with Gasteiger partial charge in [0, 0.05) is 49.0 Å². The van der Waals surface area contributed by atoms with Crippen LogP contribution in [0, 0.1) is 18.6 Å². The fourth-order valence-corrected chi connectivity index (χ4v) is 7.49. The molecule has 2 unspecified atom stereocenters. The van der Waals surface area contributed by atoms with Gasteiger partial charge in [0.15, 0.2) is 11.6 Å². The molecule has 4 heterocycles. The number of nitrogens with zero attached hydrogens (tertiary/aromatic N) is 5. The van der Waals surface area contributed by atoms with Gasteiger partial charge in [-0.3, -0.25) is 14.3 Å². The van der Waals surface area contributed by atoms with Crippen LogP contribution in [0.2, 0.25) is 15.1 Å². The third-order valence-corrected chi connectivity index (χ3v) is 9.88. The van der Waals surface area contributed by atoms with Crippen LogP contribution in [0.15, 0.2) is 35.8 Å². The van der Waals surface area contributed by atoms with Gasteiger partial charge in [-0.15, -0.1) is 0 Å². The normalized spacial score (nSPS) is 17.7. The quantitative estimate of drug-likeness (QED) is 0.133. The SMILES string of the molecule is C=CC(=O)N1CC2CCNc3c(F)c(-c4c(N)c(Cl)cc(Cl)c4F)c(Cl)c4c3c(nc(=O)n4-c3c(C)ccnc3C(C)C)N2CC1C. The number of aryl methyl sites for hydroxylation is 1. The molecule has 9 nitrogen and oxygen atoms in total. The minimum Gasteiger partial charge on any atom is -0.397 e. The molecule has 0 bridgehead atoms. The number of nitrogens with two attached hydrogens (primary N) is 1. The van der Waals surface area contributed by atoms with Crippen LogP contribution in [0.25, 0.3) is 27.7 Å². The number of hydrogen-bond acceptors (Lipinski definition) is 7. The van der Waals surface area contributed by atoms with E-state index in [-0.39, 0.29) is 73.6 Å².